The second-order valence-corrected chi connectivity index (χ2v) is 5.18. The van der Waals surface area contributed by atoms with Crippen LogP contribution >= 0.6 is 0 Å². The van der Waals surface area contributed by atoms with Crippen molar-refractivity contribution < 1.29 is 14.1 Å². The van der Waals surface area contributed by atoms with E-state index >= 15 is 0 Å². The van der Waals surface area contributed by atoms with Crippen LogP contribution in [0.15, 0.2) is 22.6 Å². The summed E-state index contributed by atoms with van der Waals surface area (Å²) in [6.45, 7) is 6.32. The lowest BCUT2D eigenvalue weighted by atomic mass is 10.2. The number of nitrogens with zero attached hydrogens (tertiary/aromatic N) is 2. The number of non-ortho nitro benzene ring substituents is 1. The van der Waals surface area contributed by atoms with Gasteiger partial charge in [0, 0.05) is 31.9 Å². The molecule has 0 aliphatic carbocycles. The molecule has 0 radical (unpaired) electrons. The zero-order chi connectivity index (χ0) is 15.2. The molecular weight excluding hydrogens is 274 g/mol. The van der Waals surface area contributed by atoms with Gasteiger partial charge in [-0.2, -0.15) is 4.98 Å². The molecule has 0 unspecified atom stereocenters. The summed E-state index contributed by atoms with van der Waals surface area (Å²) in [5.74, 6) is 0.533. The summed E-state index contributed by atoms with van der Waals surface area (Å²) in [5.41, 5.74) is 1.01. The Hall–Kier alpha value is -2.15. The van der Waals surface area contributed by atoms with Gasteiger partial charge in [-0.15, -0.1) is 0 Å². The van der Waals surface area contributed by atoms with E-state index in [1.165, 1.54) is 12.1 Å². The van der Waals surface area contributed by atoms with Crippen molar-refractivity contribution >= 4 is 22.8 Å². The van der Waals surface area contributed by atoms with Gasteiger partial charge in [-0.25, -0.2) is 0 Å². The second kappa shape index (κ2) is 7.03. The number of benzene rings is 1. The van der Waals surface area contributed by atoms with Crippen LogP contribution in [0.1, 0.15) is 20.3 Å². The molecule has 0 bridgehead atoms. The summed E-state index contributed by atoms with van der Waals surface area (Å²) in [5, 5.41) is 13.7. The van der Waals surface area contributed by atoms with Crippen molar-refractivity contribution in [3.63, 3.8) is 0 Å². The third-order valence-electron chi connectivity index (χ3n) is 2.77. The molecular formula is C14H19N3O4. The number of hydrogen-bond acceptors (Lipinski definition) is 6. The molecule has 2 rings (SSSR count). The monoisotopic (exact) mass is 293 g/mol. The van der Waals surface area contributed by atoms with Crippen molar-refractivity contribution in [1.82, 2.24) is 4.98 Å². The van der Waals surface area contributed by atoms with Gasteiger partial charge in [0.1, 0.15) is 5.52 Å². The third kappa shape index (κ3) is 4.42. The van der Waals surface area contributed by atoms with E-state index in [9.17, 15) is 10.1 Å². The van der Waals surface area contributed by atoms with Crippen LogP contribution in [-0.4, -0.2) is 29.7 Å². The number of hydrogen-bond donors (Lipinski definition) is 1. The molecule has 7 nitrogen and oxygen atoms in total. The number of aromatic nitrogens is 1. The van der Waals surface area contributed by atoms with Crippen molar-refractivity contribution in [1.29, 1.82) is 0 Å². The first kappa shape index (κ1) is 15.2. The molecule has 7 heteroatoms. The summed E-state index contributed by atoms with van der Waals surface area (Å²) in [6.07, 6.45) is 0.839. The van der Waals surface area contributed by atoms with Gasteiger partial charge >= 0.3 is 0 Å². The van der Waals surface area contributed by atoms with E-state index < -0.39 is 4.92 Å². The second-order valence-electron chi connectivity index (χ2n) is 5.18. The van der Waals surface area contributed by atoms with E-state index in [1.807, 2.05) is 0 Å². The Labute approximate surface area is 122 Å². The third-order valence-corrected chi connectivity index (χ3v) is 2.77. The summed E-state index contributed by atoms with van der Waals surface area (Å²) < 4.78 is 10.9. The molecule has 1 aromatic heterocycles. The SMILES string of the molecule is CC(C)COCCCNc1nc2cc([N+](=O)[O-])ccc2o1. The van der Waals surface area contributed by atoms with Crippen LogP contribution in [0.25, 0.3) is 11.1 Å². The lowest BCUT2D eigenvalue weighted by Gasteiger charge is -2.06. The van der Waals surface area contributed by atoms with Crippen molar-refractivity contribution in [2.75, 3.05) is 25.1 Å². The average molecular weight is 293 g/mol. The number of nitro benzene ring substituents is 1. The van der Waals surface area contributed by atoms with Crippen LogP contribution in [-0.2, 0) is 4.74 Å². The van der Waals surface area contributed by atoms with Gasteiger partial charge in [-0.1, -0.05) is 13.8 Å². The van der Waals surface area contributed by atoms with Gasteiger partial charge in [0.25, 0.3) is 11.7 Å². The molecule has 0 fully saturated rings. The Morgan fingerprint density at radius 3 is 3.00 bits per heavy atom. The van der Waals surface area contributed by atoms with E-state index in [0.29, 0.717) is 36.2 Å². The Bertz CT molecular complexity index is 609. The fraction of sp³-hybridized carbons (Fsp3) is 0.500. The molecule has 1 aromatic carbocycles. The Balaban J connectivity index is 1.84. The van der Waals surface area contributed by atoms with Gasteiger partial charge in [0.15, 0.2) is 5.58 Å². The lowest BCUT2D eigenvalue weighted by molar-refractivity contribution is -0.384. The number of nitrogens with one attached hydrogen (secondary N) is 1. The van der Waals surface area contributed by atoms with Crippen LogP contribution in [0.5, 0.6) is 0 Å². The van der Waals surface area contributed by atoms with Crippen molar-refractivity contribution in [2.45, 2.75) is 20.3 Å². The number of oxazole rings is 1. The summed E-state index contributed by atoms with van der Waals surface area (Å²) in [7, 11) is 0. The first-order valence-corrected chi connectivity index (χ1v) is 6.93. The van der Waals surface area contributed by atoms with Gasteiger partial charge in [0.2, 0.25) is 0 Å². The number of nitro groups is 1. The molecule has 0 amide bonds. The number of anilines is 1. The predicted octanol–water partition coefficient (Wildman–Crippen LogP) is 3.21. The van der Waals surface area contributed by atoms with Crippen molar-refractivity contribution in [3.05, 3.63) is 28.3 Å². The van der Waals surface area contributed by atoms with Crippen LogP contribution < -0.4 is 5.32 Å². The Kier molecular flexibility index (Phi) is 5.10. The molecule has 0 aliphatic rings. The van der Waals surface area contributed by atoms with Crippen LogP contribution in [0.4, 0.5) is 11.7 Å². The van der Waals surface area contributed by atoms with Gasteiger partial charge in [-0.3, -0.25) is 10.1 Å². The Morgan fingerprint density at radius 2 is 2.29 bits per heavy atom. The van der Waals surface area contributed by atoms with E-state index in [-0.39, 0.29) is 5.69 Å². The van der Waals surface area contributed by atoms with Crippen LogP contribution in [0.2, 0.25) is 0 Å². The normalized spacial score (nSPS) is 11.2. The smallest absolute Gasteiger partial charge is 0.295 e. The molecule has 0 spiro atoms. The lowest BCUT2D eigenvalue weighted by Crippen LogP contribution is -2.08. The molecule has 0 aliphatic heterocycles. The van der Waals surface area contributed by atoms with Crippen LogP contribution in [0, 0.1) is 16.0 Å². The Morgan fingerprint density at radius 1 is 1.48 bits per heavy atom. The molecule has 0 saturated carbocycles. The maximum atomic E-state index is 10.7. The molecule has 21 heavy (non-hydrogen) atoms. The zero-order valence-corrected chi connectivity index (χ0v) is 12.2. The molecule has 0 saturated heterocycles. The standard InChI is InChI=1S/C14H19N3O4/c1-10(2)9-20-7-3-6-15-14-16-12-8-11(17(18)19)4-5-13(12)21-14/h4-5,8,10H,3,6-7,9H2,1-2H3,(H,15,16). The first-order chi connectivity index (χ1) is 10.1. The van der Waals surface area contributed by atoms with E-state index in [0.717, 1.165) is 13.0 Å². The van der Waals surface area contributed by atoms with Crippen molar-refractivity contribution in [3.8, 4) is 0 Å². The average Bonchev–Trinajstić information content (AvgIpc) is 2.83. The largest absolute Gasteiger partial charge is 0.424 e. The fourth-order valence-electron chi connectivity index (χ4n) is 1.79. The van der Waals surface area contributed by atoms with E-state index in [2.05, 4.69) is 24.1 Å². The molecule has 1 heterocycles. The van der Waals surface area contributed by atoms with E-state index in [4.69, 9.17) is 9.15 Å². The maximum Gasteiger partial charge on any atom is 0.295 e. The number of ether oxygens (including phenoxy) is 1. The van der Waals surface area contributed by atoms with Gasteiger partial charge in [0.05, 0.1) is 4.92 Å². The highest BCUT2D eigenvalue weighted by atomic mass is 16.6. The number of fused-ring (bicyclic) bond motifs is 1. The predicted molar refractivity (Wildman–Crippen MR) is 79.4 cm³/mol. The minimum absolute atomic E-state index is 0.00411. The topological polar surface area (TPSA) is 90.4 Å². The summed E-state index contributed by atoms with van der Waals surface area (Å²) >= 11 is 0. The van der Waals surface area contributed by atoms with Gasteiger partial charge in [-0.05, 0) is 18.4 Å². The highest BCUT2D eigenvalue weighted by molar-refractivity contribution is 5.77. The minimum Gasteiger partial charge on any atom is -0.424 e. The van der Waals surface area contributed by atoms with Crippen LogP contribution in [0.3, 0.4) is 0 Å². The van der Waals surface area contributed by atoms with E-state index in [1.54, 1.807) is 6.07 Å². The quantitative estimate of drug-likeness (QED) is 0.456. The minimum atomic E-state index is -0.451. The summed E-state index contributed by atoms with van der Waals surface area (Å²) in [6, 6.07) is 4.72. The highest BCUT2D eigenvalue weighted by Crippen LogP contribution is 2.23. The first-order valence-electron chi connectivity index (χ1n) is 6.93. The number of rotatable bonds is 8. The van der Waals surface area contributed by atoms with Gasteiger partial charge < -0.3 is 14.5 Å². The van der Waals surface area contributed by atoms with Crippen molar-refractivity contribution in [2.24, 2.45) is 5.92 Å². The fourth-order valence-corrected chi connectivity index (χ4v) is 1.79. The molecule has 1 N–H and O–H groups in total. The highest BCUT2D eigenvalue weighted by Gasteiger charge is 2.11. The molecule has 0 atom stereocenters. The summed E-state index contributed by atoms with van der Waals surface area (Å²) in [4.78, 5) is 14.4. The molecule has 2 aromatic rings. The molecule has 114 valence electrons. The maximum absolute atomic E-state index is 10.7. The zero-order valence-electron chi connectivity index (χ0n) is 12.2.